The molecule has 3 N–H and O–H groups in total. The second-order valence-corrected chi connectivity index (χ2v) is 7.33. The lowest BCUT2D eigenvalue weighted by atomic mass is 10.0. The summed E-state index contributed by atoms with van der Waals surface area (Å²) in [5, 5.41) is 5.24. The fourth-order valence-corrected chi connectivity index (χ4v) is 3.45. The summed E-state index contributed by atoms with van der Waals surface area (Å²) in [4.78, 5) is 21.9. The monoisotopic (exact) mass is 396 g/mol. The molecule has 1 heterocycles. The van der Waals surface area contributed by atoms with Gasteiger partial charge < -0.3 is 11.1 Å². The first-order chi connectivity index (χ1) is 14.6. The number of nitrogen functional groups attached to an aromatic ring is 1. The van der Waals surface area contributed by atoms with Crippen molar-refractivity contribution in [2.45, 2.75) is 26.2 Å². The summed E-state index contributed by atoms with van der Waals surface area (Å²) in [6.07, 6.45) is 3.63. The Morgan fingerprint density at radius 2 is 1.77 bits per heavy atom. The van der Waals surface area contributed by atoms with Crippen LogP contribution >= 0.6 is 0 Å². The summed E-state index contributed by atoms with van der Waals surface area (Å²) in [5.41, 5.74) is 9.95. The normalized spacial score (nSPS) is 10.8. The van der Waals surface area contributed by atoms with E-state index in [9.17, 15) is 4.79 Å². The lowest BCUT2D eigenvalue weighted by Gasteiger charge is -2.11. The molecule has 0 aliphatic rings. The fraction of sp³-hybridized carbons (Fsp3) is 0.160. The fourth-order valence-electron chi connectivity index (χ4n) is 3.45. The lowest BCUT2D eigenvalue weighted by molar-refractivity contribution is -0.115. The zero-order chi connectivity index (χ0) is 20.9. The largest absolute Gasteiger partial charge is 0.399 e. The number of benzene rings is 3. The van der Waals surface area contributed by atoms with Crippen molar-refractivity contribution in [1.82, 2.24) is 9.97 Å². The average Bonchev–Trinajstić information content (AvgIpc) is 2.75. The minimum atomic E-state index is -0.0998. The molecule has 0 aliphatic carbocycles. The Kier molecular flexibility index (Phi) is 5.70. The standard InChI is InChI=1S/C25H24N4O/c1-2-5-22-25(27-16-23(28-22)19-10-12-21(26)13-11-19)29-24(30)15-17-8-9-18-6-3-4-7-20(18)14-17/h3-4,6-14,16H,2,5,15,26H2,1H3,(H,27,29,30). The Labute approximate surface area is 176 Å². The predicted molar refractivity (Wildman–Crippen MR) is 122 cm³/mol. The Morgan fingerprint density at radius 1 is 1.00 bits per heavy atom. The SMILES string of the molecule is CCCc1nc(-c2ccc(N)cc2)cnc1NC(=O)Cc1ccc2ccccc2c1. The molecule has 0 spiro atoms. The highest BCUT2D eigenvalue weighted by molar-refractivity contribution is 5.93. The molecule has 4 rings (SSSR count). The van der Waals surface area contributed by atoms with Crippen LogP contribution < -0.4 is 11.1 Å². The Balaban J connectivity index is 1.53. The van der Waals surface area contributed by atoms with Gasteiger partial charge in [0.25, 0.3) is 0 Å². The van der Waals surface area contributed by atoms with Crippen molar-refractivity contribution in [2.24, 2.45) is 0 Å². The van der Waals surface area contributed by atoms with Crippen molar-refractivity contribution in [3.05, 3.63) is 84.2 Å². The van der Waals surface area contributed by atoms with E-state index >= 15 is 0 Å². The summed E-state index contributed by atoms with van der Waals surface area (Å²) in [7, 11) is 0. The van der Waals surface area contributed by atoms with Crippen molar-refractivity contribution < 1.29 is 4.79 Å². The molecule has 0 fully saturated rings. The molecule has 0 saturated heterocycles. The molecule has 1 aromatic heterocycles. The maximum absolute atomic E-state index is 12.7. The summed E-state index contributed by atoms with van der Waals surface area (Å²) >= 11 is 0. The Hall–Kier alpha value is -3.73. The highest BCUT2D eigenvalue weighted by Crippen LogP contribution is 2.22. The number of amides is 1. The van der Waals surface area contributed by atoms with E-state index in [1.807, 2.05) is 48.5 Å². The smallest absolute Gasteiger partial charge is 0.229 e. The molecular formula is C25H24N4O. The minimum Gasteiger partial charge on any atom is -0.399 e. The molecule has 0 unspecified atom stereocenters. The zero-order valence-electron chi connectivity index (χ0n) is 16.9. The number of anilines is 2. The van der Waals surface area contributed by atoms with Gasteiger partial charge in [0, 0.05) is 11.3 Å². The number of fused-ring (bicyclic) bond motifs is 1. The van der Waals surface area contributed by atoms with Gasteiger partial charge in [-0.15, -0.1) is 0 Å². The first-order valence-electron chi connectivity index (χ1n) is 10.1. The zero-order valence-corrected chi connectivity index (χ0v) is 16.9. The van der Waals surface area contributed by atoms with Gasteiger partial charge >= 0.3 is 0 Å². The number of carbonyl (C=O) groups is 1. The second-order valence-electron chi connectivity index (χ2n) is 7.33. The van der Waals surface area contributed by atoms with Gasteiger partial charge in [0.05, 0.1) is 24.0 Å². The minimum absolute atomic E-state index is 0.0998. The molecule has 0 bridgehead atoms. The van der Waals surface area contributed by atoms with Crippen molar-refractivity contribution in [3.63, 3.8) is 0 Å². The number of aromatic nitrogens is 2. The van der Waals surface area contributed by atoms with Crippen LogP contribution in [0.3, 0.4) is 0 Å². The van der Waals surface area contributed by atoms with E-state index in [2.05, 4.69) is 35.4 Å². The van der Waals surface area contributed by atoms with E-state index in [1.54, 1.807) is 6.20 Å². The van der Waals surface area contributed by atoms with Crippen LogP contribution in [-0.4, -0.2) is 15.9 Å². The number of aryl methyl sites for hydroxylation is 1. The number of nitrogens with one attached hydrogen (secondary N) is 1. The summed E-state index contributed by atoms with van der Waals surface area (Å²) in [5.74, 6) is 0.430. The number of nitrogens with zero attached hydrogens (tertiary/aromatic N) is 2. The second kappa shape index (κ2) is 8.74. The lowest BCUT2D eigenvalue weighted by Crippen LogP contribution is -2.17. The molecule has 150 valence electrons. The molecule has 0 radical (unpaired) electrons. The Morgan fingerprint density at radius 3 is 2.53 bits per heavy atom. The van der Waals surface area contributed by atoms with Gasteiger partial charge in [-0.2, -0.15) is 0 Å². The van der Waals surface area contributed by atoms with Gasteiger partial charge in [-0.25, -0.2) is 9.97 Å². The van der Waals surface area contributed by atoms with Gasteiger partial charge in [0.2, 0.25) is 5.91 Å². The third kappa shape index (κ3) is 4.46. The van der Waals surface area contributed by atoms with Crippen LogP contribution in [-0.2, 0) is 17.6 Å². The average molecular weight is 396 g/mol. The van der Waals surface area contributed by atoms with Gasteiger partial charge in [0.15, 0.2) is 5.82 Å². The molecule has 5 nitrogen and oxygen atoms in total. The van der Waals surface area contributed by atoms with Crippen LogP contribution in [0, 0.1) is 0 Å². The molecule has 0 aliphatic heterocycles. The van der Waals surface area contributed by atoms with Crippen LogP contribution in [0.5, 0.6) is 0 Å². The summed E-state index contributed by atoms with van der Waals surface area (Å²) < 4.78 is 0. The number of carbonyl (C=O) groups excluding carboxylic acids is 1. The molecule has 30 heavy (non-hydrogen) atoms. The van der Waals surface area contributed by atoms with Crippen LogP contribution in [0.2, 0.25) is 0 Å². The maximum Gasteiger partial charge on any atom is 0.229 e. The van der Waals surface area contributed by atoms with Gasteiger partial charge in [-0.05, 0) is 34.9 Å². The maximum atomic E-state index is 12.7. The topological polar surface area (TPSA) is 80.9 Å². The van der Waals surface area contributed by atoms with E-state index in [4.69, 9.17) is 10.7 Å². The summed E-state index contributed by atoms with van der Waals surface area (Å²) in [6.45, 7) is 2.08. The van der Waals surface area contributed by atoms with Gasteiger partial charge in [-0.1, -0.05) is 67.9 Å². The molecule has 0 atom stereocenters. The van der Waals surface area contributed by atoms with Crippen LogP contribution in [0.25, 0.3) is 22.0 Å². The van der Waals surface area contributed by atoms with E-state index in [0.717, 1.165) is 46.1 Å². The molecule has 0 saturated carbocycles. The molecule has 1 amide bonds. The first-order valence-corrected chi connectivity index (χ1v) is 10.1. The number of hydrogen-bond acceptors (Lipinski definition) is 4. The first kappa shape index (κ1) is 19.6. The summed E-state index contributed by atoms with van der Waals surface area (Å²) in [6, 6.07) is 21.7. The van der Waals surface area contributed by atoms with Crippen LogP contribution in [0.4, 0.5) is 11.5 Å². The highest BCUT2D eigenvalue weighted by atomic mass is 16.1. The van der Waals surface area contributed by atoms with Gasteiger partial charge in [-0.3, -0.25) is 4.79 Å². The molecule has 4 aromatic rings. The van der Waals surface area contributed by atoms with E-state index in [0.29, 0.717) is 11.5 Å². The predicted octanol–water partition coefficient (Wildman–Crippen LogP) is 5.01. The van der Waals surface area contributed by atoms with Gasteiger partial charge in [0.1, 0.15) is 0 Å². The number of rotatable bonds is 6. The Bertz CT molecular complexity index is 1190. The third-order valence-corrected chi connectivity index (χ3v) is 4.97. The van der Waals surface area contributed by atoms with E-state index < -0.39 is 0 Å². The highest BCUT2D eigenvalue weighted by Gasteiger charge is 2.12. The quantitative estimate of drug-likeness (QED) is 0.449. The molecule has 5 heteroatoms. The number of hydrogen-bond donors (Lipinski definition) is 2. The third-order valence-electron chi connectivity index (χ3n) is 4.97. The number of nitrogens with two attached hydrogens (primary N) is 1. The van der Waals surface area contributed by atoms with Crippen molar-refractivity contribution in [1.29, 1.82) is 0 Å². The van der Waals surface area contributed by atoms with Crippen molar-refractivity contribution >= 4 is 28.2 Å². The van der Waals surface area contributed by atoms with Crippen LogP contribution in [0.15, 0.2) is 72.9 Å². The molecule has 3 aromatic carbocycles. The van der Waals surface area contributed by atoms with Crippen molar-refractivity contribution in [3.8, 4) is 11.3 Å². The van der Waals surface area contributed by atoms with E-state index in [-0.39, 0.29) is 12.3 Å². The molecular weight excluding hydrogens is 372 g/mol. The van der Waals surface area contributed by atoms with Crippen molar-refractivity contribution in [2.75, 3.05) is 11.1 Å². The van der Waals surface area contributed by atoms with Crippen LogP contribution in [0.1, 0.15) is 24.6 Å². The van der Waals surface area contributed by atoms with E-state index in [1.165, 1.54) is 0 Å².